The number of aliphatic carboxylic acids is 1. The van der Waals surface area contributed by atoms with Crippen molar-refractivity contribution < 1.29 is 24.3 Å². The van der Waals surface area contributed by atoms with E-state index in [0.29, 0.717) is 0 Å². The van der Waals surface area contributed by atoms with Crippen LogP contribution in [0.3, 0.4) is 0 Å². The average Bonchev–Trinajstić information content (AvgIpc) is 1.84. The molecule has 0 aliphatic carbocycles. The lowest BCUT2D eigenvalue weighted by Gasteiger charge is -1.99. The van der Waals surface area contributed by atoms with Crippen LogP contribution in [0.15, 0.2) is 12.2 Å². The molecule has 0 heterocycles. The topological polar surface area (TPSA) is 94.8 Å². The maximum Gasteiger partial charge on any atom is 0.329 e. The molecule has 0 radical (unpaired) electrons. The first-order valence-electron chi connectivity index (χ1n) is 3.27. The molecule has 0 aliphatic heterocycles. The Labute approximate surface area is 69.9 Å². The van der Waals surface area contributed by atoms with Gasteiger partial charge in [0.05, 0.1) is 12.1 Å². The van der Waals surface area contributed by atoms with Gasteiger partial charge in [-0.1, -0.05) is 12.2 Å². The molecule has 0 saturated heterocycles. The van der Waals surface area contributed by atoms with Crippen molar-refractivity contribution in [2.24, 2.45) is 5.92 Å². The van der Waals surface area contributed by atoms with Crippen molar-refractivity contribution in [3.05, 3.63) is 12.2 Å². The molecule has 0 spiro atoms. The fourth-order valence-corrected chi connectivity index (χ4v) is 0.881. The summed E-state index contributed by atoms with van der Waals surface area (Å²) in [6.45, 7) is 1.43. The van der Waals surface area contributed by atoms with E-state index < -0.39 is 25.6 Å². The van der Waals surface area contributed by atoms with Gasteiger partial charge in [0, 0.05) is 0 Å². The molecule has 1 unspecified atom stereocenters. The Morgan fingerprint density at radius 2 is 2.08 bits per heavy atom. The lowest BCUT2D eigenvalue weighted by Crippen LogP contribution is -2.05. The minimum absolute atomic E-state index is 0.412. The van der Waals surface area contributed by atoms with Crippen molar-refractivity contribution in [3.63, 3.8) is 0 Å². The molecular weight excluding hydrogens is 183 g/mol. The second-order valence-electron chi connectivity index (χ2n) is 2.40. The molecule has 0 aliphatic rings. The summed E-state index contributed by atoms with van der Waals surface area (Å²) < 4.78 is 10.3. The smallest absolute Gasteiger partial charge is 0.329 e. The van der Waals surface area contributed by atoms with Crippen molar-refractivity contribution in [3.8, 4) is 0 Å². The van der Waals surface area contributed by atoms with Gasteiger partial charge in [0.1, 0.15) is 0 Å². The lowest BCUT2D eigenvalue weighted by molar-refractivity contribution is -0.139. The summed E-state index contributed by atoms with van der Waals surface area (Å²) in [4.78, 5) is 27.0. The van der Waals surface area contributed by atoms with E-state index in [2.05, 4.69) is 0 Å². The molecule has 0 aromatic heterocycles. The van der Waals surface area contributed by atoms with Gasteiger partial charge in [0.25, 0.3) is 0 Å². The molecule has 6 heteroatoms. The average molecular weight is 194 g/mol. The number of hydrogen-bond acceptors (Lipinski definition) is 2. The number of carboxylic acid groups (broad SMARTS) is 1. The van der Waals surface area contributed by atoms with E-state index in [1.165, 1.54) is 19.1 Å². The van der Waals surface area contributed by atoms with E-state index in [1.807, 2.05) is 0 Å². The predicted molar refractivity (Wildman–Crippen MR) is 42.9 cm³/mol. The zero-order valence-corrected chi connectivity index (χ0v) is 7.44. The Bertz CT molecular complexity index is 228. The van der Waals surface area contributed by atoms with Crippen LogP contribution in [-0.2, 0) is 9.36 Å². The van der Waals surface area contributed by atoms with E-state index in [-0.39, 0.29) is 0 Å². The van der Waals surface area contributed by atoms with Crippen molar-refractivity contribution in [2.75, 3.05) is 6.16 Å². The number of rotatable bonds is 4. The summed E-state index contributed by atoms with van der Waals surface area (Å²) in [5.41, 5.74) is 0. The van der Waals surface area contributed by atoms with E-state index in [0.717, 1.165) is 0 Å². The number of carbonyl (C=O) groups is 1. The highest BCUT2D eigenvalue weighted by Gasteiger charge is 2.10. The summed E-state index contributed by atoms with van der Waals surface area (Å²) in [6.07, 6.45) is 2.02. The standard InChI is InChI=1S/C6H11O5P/c1-5(6(7)8)3-2-4-12(9,10)11/h2-3,5H,4H2,1H3,(H,7,8)(H2,9,10,11)/b3-2+. The van der Waals surface area contributed by atoms with Crippen molar-refractivity contribution >= 4 is 13.6 Å². The SMILES string of the molecule is CC(/C=C/CP(=O)(O)O)C(=O)O. The van der Waals surface area contributed by atoms with E-state index in [4.69, 9.17) is 14.9 Å². The summed E-state index contributed by atoms with van der Waals surface area (Å²) in [5.74, 6) is -1.73. The summed E-state index contributed by atoms with van der Waals surface area (Å²) in [5, 5.41) is 8.37. The van der Waals surface area contributed by atoms with Gasteiger partial charge in [-0.15, -0.1) is 0 Å². The zero-order chi connectivity index (χ0) is 9.78. The number of carboxylic acids is 1. The van der Waals surface area contributed by atoms with Crippen LogP contribution in [0.25, 0.3) is 0 Å². The molecular formula is C6H11O5P. The monoisotopic (exact) mass is 194 g/mol. The largest absolute Gasteiger partial charge is 0.481 e. The third-order valence-electron chi connectivity index (χ3n) is 1.16. The Morgan fingerprint density at radius 3 is 2.42 bits per heavy atom. The highest BCUT2D eigenvalue weighted by atomic mass is 31.2. The van der Waals surface area contributed by atoms with Crippen molar-refractivity contribution in [2.45, 2.75) is 6.92 Å². The molecule has 0 fully saturated rings. The van der Waals surface area contributed by atoms with Gasteiger partial charge in [0.15, 0.2) is 0 Å². The third kappa shape index (κ3) is 6.09. The molecule has 0 bridgehead atoms. The van der Waals surface area contributed by atoms with Gasteiger partial charge in [-0.2, -0.15) is 0 Å². The van der Waals surface area contributed by atoms with Crippen LogP contribution >= 0.6 is 7.60 Å². The Hall–Kier alpha value is -0.640. The summed E-state index contributed by atoms with van der Waals surface area (Å²) in [7, 11) is -4.03. The minimum atomic E-state index is -4.03. The fourth-order valence-electron chi connectivity index (χ4n) is 0.485. The quantitative estimate of drug-likeness (QED) is 0.446. The zero-order valence-electron chi connectivity index (χ0n) is 6.54. The molecule has 0 amide bonds. The van der Waals surface area contributed by atoms with E-state index in [1.54, 1.807) is 0 Å². The van der Waals surface area contributed by atoms with Gasteiger partial charge in [-0.05, 0) is 6.92 Å². The molecule has 0 saturated carbocycles. The molecule has 12 heavy (non-hydrogen) atoms. The summed E-state index contributed by atoms with van der Waals surface area (Å²) >= 11 is 0. The third-order valence-corrected chi connectivity index (χ3v) is 1.84. The molecule has 1 atom stereocenters. The predicted octanol–water partition coefficient (Wildman–Crippen LogP) is 0.441. The van der Waals surface area contributed by atoms with Crippen LogP contribution in [0.5, 0.6) is 0 Å². The highest BCUT2D eigenvalue weighted by molar-refractivity contribution is 7.51. The van der Waals surface area contributed by atoms with Gasteiger partial charge in [0.2, 0.25) is 0 Å². The molecule has 0 aromatic rings. The van der Waals surface area contributed by atoms with Crippen LogP contribution in [0.2, 0.25) is 0 Å². The maximum absolute atomic E-state index is 10.3. The highest BCUT2D eigenvalue weighted by Crippen LogP contribution is 2.33. The Kier molecular flexibility index (Phi) is 4.17. The van der Waals surface area contributed by atoms with Crippen LogP contribution < -0.4 is 0 Å². The van der Waals surface area contributed by atoms with E-state index in [9.17, 15) is 9.36 Å². The first-order chi connectivity index (χ1) is 5.33. The van der Waals surface area contributed by atoms with Crippen LogP contribution in [0, 0.1) is 5.92 Å². The second-order valence-corrected chi connectivity index (χ2v) is 4.10. The van der Waals surface area contributed by atoms with Gasteiger partial charge < -0.3 is 14.9 Å². The van der Waals surface area contributed by atoms with Crippen LogP contribution in [-0.4, -0.2) is 27.0 Å². The van der Waals surface area contributed by atoms with Gasteiger partial charge >= 0.3 is 13.6 Å². The first-order valence-corrected chi connectivity index (χ1v) is 5.07. The molecule has 3 N–H and O–H groups in total. The van der Waals surface area contributed by atoms with Crippen molar-refractivity contribution in [1.82, 2.24) is 0 Å². The Balaban J connectivity index is 3.93. The van der Waals surface area contributed by atoms with Crippen molar-refractivity contribution in [1.29, 1.82) is 0 Å². The molecule has 70 valence electrons. The normalized spacial score (nSPS) is 14.9. The summed E-state index contributed by atoms with van der Waals surface area (Å²) in [6, 6.07) is 0. The lowest BCUT2D eigenvalue weighted by atomic mass is 10.2. The molecule has 5 nitrogen and oxygen atoms in total. The minimum Gasteiger partial charge on any atom is -0.481 e. The molecule has 0 rings (SSSR count). The van der Waals surface area contributed by atoms with Gasteiger partial charge in [-0.3, -0.25) is 9.36 Å². The Morgan fingerprint density at radius 1 is 1.58 bits per heavy atom. The van der Waals surface area contributed by atoms with Crippen LogP contribution in [0.4, 0.5) is 0 Å². The van der Waals surface area contributed by atoms with Gasteiger partial charge in [-0.25, -0.2) is 0 Å². The maximum atomic E-state index is 10.3. The second kappa shape index (κ2) is 4.40. The number of hydrogen-bond donors (Lipinski definition) is 3. The number of allylic oxidation sites excluding steroid dienone is 1. The first kappa shape index (κ1) is 11.4. The fraction of sp³-hybridized carbons (Fsp3) is 0.500. The van der Waals surface area contributed by atoms with E-state index >= 15 is 0 Å². The van der Waals surface area contributed by atoms with Crippen LogP contribution in [0.1, 0.15) is 6.92 Å². The molecule has 0 aromatic carbocycles.